The average Bonchev–Trinajstić information content (AvgIpc) is 2.86. The number of likely N-dealkylation sites (N-methyl/N-ethyl adjacent to an activating group) is 1. The SMILES string of the molecule is CNC1C(O[C@H]2OC(CO)[C@@H](N)[C@H](O)C2O)O[C@H]2CC(N)[C@@H](O[C@@H]3C(N)C[C@@H](N)C(O)[C@H]3N)OC2C1O. The molecular weight excluding hydrogens is 496 g/mol. The van der Waals surface area contributed by atoms with Gasteiger partial charge in [-0.2, -0.15) is 0 Å². The van der Waals surface area contributed by atoms with Crippen LogP contribution < -0.4 is 34.0 Å². The maximum absolute atomic E-state index is 11.2. The normalized spacial score (nSPS) is 55.1. The lowest BCUT2D eigenvalue weighted by molar-refractivity contribution is -0.372. The Kier molecular flexibility index (Phi) is 9.40. The summed E-state index contributed by atoms with van der Waals surface area (Å²) in [5, 5.41) is 54.5. The second kappa shape index (κ2) is 11.8. The topological polar surface area (TPSA) is 289 Å². The third-order valence-corrected chi connectivity index (χ3v) is 7.83. The van der Waals surface area contributed by atoms with Crippen LogP contribution in [0, 0.1) is 0 Å². The van der Waals surface area contributed by atoms with Crippen LogP contribution in [0.2, 0.25) is 0 Å². The van der Waals surface area contributed by atoms with Crippen molar-refractivity contribution in [2.75, 3.05) is 13.7 Å². The van der Waals surface area contributed by atoms with Crippen LogP contribution in [0.5, 0.6) is 0 Å². The molecule has 0 radical (unpaired) electrons. The van der Waals surface area contributed by atoms with E-state index < -0.39 is 111 Å². The van der Waals surface area contributed by atoms with Gasteiger partial charge >= 0.3 is 0 Å². The lowest BCUT2D eigenvalue weighted by Gasteiger charge is -2.51. The molecule has 1 aliphatic carbocycles. The van der Waals surface area contributed by atoms with Crippen molar-refractivity contribution in [1.82, 2.24) is 5.32 Å². The van der Waals surface area contributed by atoms with Gasteiger partial charge in [0.25, 0.3) is 0 Å². The maximum Gasteiger partial charge on any atom is 0.189 e. The van der Waals surface area contributed by atoms with E-state index in [9.17, 15) is 25.5 Å². The van der Waals surface area contributed by atoms with Gasteiger partial charge in [-0.15, -0.1) is 0 Å². The summed E-state index contributed by atoms with van der Waals surface area (Å²) in [6.07, 6.45) is -11.5. The van der Waals surface area contributed by atoms with E-state index in [-0.39, 0.29) is 6.42 Å². The fraction of sp³-hybridized carbons (Fsp3) is 1.00. The van der Waals surface area contributed by atoms with E-state index in [1.807, 2.05) is 0 Å². The van der Waals surface area contributed by atoms with Gasteiger partial charge in [0.1, 0.15) is 30.5 Å². The van der Waals surface area contributed by atoms with Gasteiger partial charge in [-0.1, -0.05) is 0 Å². The van der Waals surface area contributed by atoms with Gasteiger partial charge in [-0.05, 0) is 19.9 Å². The standard InChI is InChI=1S/C21H42N6O10/c1-27-12-15(31)18-8(33-20(12)37-21-16(32)14(30)10(25)9(4-28)34-21)3-7(24)19(36-18)35-17-6(23)2-5(22)13(29)11(17)26/h5-21,27-32H,2-4,22-26H2,1H3/t5-,6?,7?,8+,9?,10-,11-,12?,13?,14+,15?,16?,17-,18?,19+,20?,21-/m1/s1. The molecule has 0 aromatic rings. The van der Waals surface area contributed by atoms with E-state index in [1.54, 1.807) is 7.05 Å². The molecule has 3 heterocycles. The van der Waals surface area contributed by atoms with E-state index in [2.05, 4.69) is 5.32 Å². The van der Waals surface area contributed by atoms with Crippen LogP contribution in [-0.2, 0) is 23.7 Å². The molecule has 9 unspecified atom stereocenters. The largest absolute Gasteiger partial charge is 0.394 e. The molecule has 4 aliphatic rings. The van der Waals surface area contributed by atoms with Crippen molar-refractivity contribution in [2.45, 2.75) is 117 Å². The summed E-state index contributed by atoms with van der Waals surface area (Å²) in [6.45, 7) is -0.500. The van der Waals surface area contributed by atoms with Crippen LogP contribution in [-0.4, -0.2) is 143 Å². The van der Waals surface area contributed by atoms with Gasteiger partial charge in [0.15, 0.2) is 18.9 Å². The smallest absolute Gasteiger partial charge is 0.189 e. The van der Waals surface area contributed by atoms with Crippen molar-refractivity contribution < 1.29 is 49.2 Å². The summed E-state index contributed by atoms with van der Waals surface area (Å²) in [5.74, 6) is 0. The Bertz CT molecular complexity index is 757. The first-order chi connectivity index (χ1) is 17.5. The average molecular weight is 539 g/mol. The van der Waals surface area contributed by atoms with E-state index in [4.69, 9.17) is 52.4 Å². The van der Waals surface area contributed by atoms with Crippen LogP contribution in [0.3, 0.4) is 0 Å². The van der Waals surface area contributed by atoms with Crippen molar-refractivity contribution in [3.63, 3.8) is 0 Å². The van der Waals surface area contributed by atoms with Crippen LogP contribution in [0.4, 0.5) is 0 Å². The molecule has 0 aromatic carbocycles. The molecule has 216 valence electrons. The number of fused-ring (bicyclic) bond motifs is 1. The summed E-state index contributed by atoms with van der Waals surface area (Å²) in [5.41, 5.74) is 30.3. The molecule has 4 rings (SSSR count). The molecular formula is C21H42N6O10. The minimum atomic E-state index is -1.52. The molecule has 16 heteroatoms. The Morgan fingerprint density at radius 2 is 1.43 bits per heavy atom. The van der Waals surface area contributed by atoms with Gasteiger partial charge in [0, 0.05) is 12.1 Å². The van der Waals surface area contributed by atoms with Crippen molar-refractivity contribution >= 4 is 0 Å². The number of hydrogen-bond donors (Lipinski definition) is 11. The molecule has 16 N–H and O–H groups in total. The third kappa shape index (κ3) is 5.66. The molecule has 3 saturated heterocycles. The fourth-order valence-corrected chi connectivity index (χ4v) is 5.53. The van der Waals surface area contributed by atoms with Crippen molar-refractivity contribution in [2.24, 2.45) is 28.7 Å². The van der Waals surface area contributed by atoms with Crippen LogP contribution in [0.15, 0.2) is 0 Å². The van der Waals surface area contributed by atoms with Crippen LogP contribution in [0.1, 0.15) is 12.8 Å². The first-order valence-electron chi connectivity index (χ1n) is 12.5. The van der Waals surface area contributed by atoms with Gasteiger partial charge in [0.05, 0.1) is 49.1 Å². The van der Waals surface area contributed by atoms with E-state index in [0.717, 1.165) is 0 Å². The lowest BCUT2D eigenvalue weighted by Crippen LogP contribution is -2.70. The summed E-state index contributed by atoms with van der Waals surface area (Å²) < 4.78 is 29.4. The van der Waals surface area contributed by atoms with Gasteiger partial charge < -0.3 is 83.2 Å². The van der Waals surface area contributed by atoms with Crippen LogP contribution in [0.25, 0.3) is 0 Å². The monoisotopic (exact) mass is 538 g/mol. The summed E-state index contributed by atoms with van der Waals surface area (Å²) in [7, 11) is 1.57. The number of aliphatic hydroxyl groups excluding tert-OH is 5. The highest BCUT2D eigenvalue weighted by Crippen LogP contribution is 2.35. The Hall–Kier alpha value is -0.640. The quantitative estimate of drug-likeness (QED) is 0.150. The molecule has 0 spiro atoms. The molecule has 0 bridgehead atoms. The zero-order valence-electron chi connectivity index (χ0n) is 20.6. The predicted molar refractivity (Wildman–Crippen MR) is 125 cm³/mol. The number of aliphatic hydroxyl groups is 5. The Morgan fingerprint density at radius 3 is 2.08 bits per heavy atom. The predicted octanol–water partition coefficient (Wildman–Crippen LogP) is -6.98. The number of hydrogen-bond acceptors (Lipinski definition) is 16. The molecule has 0 amide bonds. The zero-order chi connectivity index (χ0) is 27.2. The van der Waals surface area contributed by atoms with E-state index in [0.29, 0.717) is 6.42 Å². The van der Waals surface area contributed by atoms with Crippen molar-refractivity contribution in [3.05, 3.63) is 0 Å². The first kappa shape index (κ1) is 29.3. The Balaban J connectivity index is 1.43. The molecule has 4 fully saturated rings. The molecule has 0 aromatic heterocycles. The minimum Gasteiger partial charge on any atom is -0.394 e. The fourth-order valence-electron chi connectivity index (χ4n) is 5.53. The van der Waals surface area contributed by atoms with E-state index in [1.165, 1.54) is 0 Å². The molecule has 1 saturated carbocycles. The van der Waals surface area contributed by atoms with Gasteiger partial charge in [-0.25, -0.2) is 0 Å². The second-order valence-corrected chi connectivity index (χ2v) is 10.4. The Labute approximate surface area is 214 Å². The molecule has 16 nitrogen and oxygen atoms in total. The molecule has 17 atom stereocenters. The maximum atomic E-state index is 11.2. The minimum absolute atomic E-state index is 0.197. The van der Waals surface area contributed by atoms with Gasteiger partial charge in [-0.3, -0.25) is 0 Å². The molecule has 37 heavy (non-hydrogen) atoms. The highest BCUT2D eigenvalue weighted by molar-refractivity contribution is 5.02. The number of rotatable bonds is 6. The molecule has 3 aliphatic heterocycles. The number of ether oxygens (including phenoxy) is 5. The highest BCUT2D eigenvalue weighted by atomic mass is 16.8. The number of nitrogens with one attached hydrogen (secondary N) is 1. The highest BCUT2D eigenvalue weighted by Gasteiger charge is 2.54. The second-order valence-electron chi connectivity index (χ2n) is 10.4. The van der Waals surface area contributed by atoms with Crippen molar-refractivity contribution in [3.8, 4) is 0 Å². The lowest BCUT2D eigenvalue weighted by atomic mass is 9.83. The summed E-state index contributed by atoms with van der Waals surface area (Å²) in [6, 6.07) is -4.56. The summed E-state index contributed by atoms with van der Waals surface area (Å²) >= 11 is 0. The summed E-state index contributed by atoms with van der Waals surface area (Å²) in [4.78, 5) is 0. The van der Waals surface area contributed by atoms with E-state index >= 15 is 0 Å². The first-order valence-corrected chi connectivity index (χ1v) is 12.5. The Morgan fingerprint density at radius 1 is 0.730 bits per heavy atom. The number of nitrogens with two attached hydrogens (primary N) is 5. The van der Waals surface area contributed by atoms with Crippen molar-refractivity contribution in [1.29, 1.82) is 0 Å². The van der Waals surface area contributed by atoms with Gasteiger partial charge in [0.2, 0.25) is 0 Å². The zero-order valence-corrected chi connectivity index (χ0v) is 20.6. The van der Waals surface area contributed by atoms with Crippen LogP contribution >= 0.6 is 0 Å². The third-order valence-electron chi connectivity index (χ3n) is 7.83.